The number of halogens is 1. The van der Waals surface area contributed by atoms with E-state index in [0.717, 1.165) is 42.6 Å². The lowest BCUT2D eigenvalue weighted by Gasteiger charge is -2.11. The van der Waals surface area contributed by atoms with Crippen molar-refractivity contribution >= 4 is 39.5 Å². The Bertz CT molecular complexity index is 864. The molecule has 0 saturated carbocycles. The summed E-state index contributed by atoms with van der Waals surface area (Å²) in [6.07, 6.45) is 5.57. The number of hydrogen-bond donors (Lipinski definition) is 0. The van der Waals surface area contributed by atoms with Gasteiger partial charge in [-0.3, -0.25) is 0 Å². The van der Waals surface area contributed by atoms with Crippen LogP contribution in [0.4, 0.5) is 0 Å². The average molecular weight is 422 g/mol. The molecule has 3 nitrogen and oxygen atoms in total. The molecule has 0 aliphatic carbocycles. The second-order valence-electron chi connectivity index (χ2n) is 4.92. The highest BCUT2D eigenvalue weighted by Gasteiger charge is 2.18. The van der Waals surface area contributed by atoms with Crippen LogP contribution in [0.3, 0.4) is 0 Å². The first kappa shape index (κ1) is 17.5. The molecule has 0 bridgehead atoms. The maximum absolute atomic E-state index is 5.73. The minimum atomic E-state index is 0.769. The van der Waals surface area contributed by atoms with E-state index in [1.807, 2.05) is 24.5 Å². The Kier molecular flexibility index (Phi) is 5.58. The molecule has 0 saturated heterocycles. The van der Waals surface area contributed by atoms with Crippen molar-refractivity contribution in [2.75, 3.05) is 19.6 Å². The van der Waals surface area contributed by atoms with E-state index in [1.165, 1.54) is 6.39 Å². The average Bonchev–Trinajstić information content (AvgIpc) is 3.10. The molecular weight excluding hydrogens is 406 g/mol. The van der Waals surface area contributed by atoms with Gasteiger partial charge in [0.15, 0.2) is 12.2 Å². The zero-order valence-corrected chi connectivity index (χ0v) is 16.7. The topological polar surface area (TPSA) is 35.3 Å². The number of hydrogen-bond acceptors (Lipinski definition) is 5. The molecule has 3 rings (SSSR count). The Morgan fingerprint density at radius 2 is 1.92 bits per heavy atom. The van der Waals surface area contributed by atoms with Gasteiger partial charge in [-0.25, -0.2) is 4.98 Å². The third kappa shape index (κ3) is 3.23. The first-order chi connectivity index (χ1) is 11.7. The summed E-state index contributed by atoms with van der Waals surface area (Å²) in [4.78, 5) is 6.67. The summed E-state index contributed by atoms with van der Waals surface area (Å²) in [5.74, 6) is 1.59. The fourth-order valence-corrected chi connectivity index (χ4v) is 4.65. The van der Waals surface area contributed by atoms with E-state index in [9.17, 15) is 0 Å². The van der Waals surface area contributed by atoms with Crippen molar-refractivity contribution in [3.05, 3.63) is 47.3 Å². The van der Waals surface area contributed by atoms with Gasteiger partial charge in [0, 0.05) is 20.5 Å². The van der Waals surface area contributed by atoms with Crippen molar-refractivity contribution in [1.82, 2.24) is 4.98 Å². The van der Waals surface area contributed by atoms with Gasteiger partial charge in [0.05, 0.1) is 12.0 Å². The molecule has 24 heavy (non-hydrogen) atoms. The van der Waals surface area contributed by atoms with Crippen LogP contribution >= 0.6 is 39.5 Å². The third-order valence-electron chi connectivity index (χ3n) is 3.63. The first-order valence-corrected chi connectivity index (χ1v) is 10.4. The van der Waals surface area contributed by atoms with Crippen LogP contribution in [-0.2, 0) is 0 Å². The van der Waals surface area contributed by atoms with E-state index in [1.54, 1.807) is 30.6 Å². The monoisotopic (exact) mass is 421 g/mol. The zero-order valence-electron chi connectivity index (χ0n) is 13.5. The molecule has 1 heterocycles. The summed E-state index contributed by atoms with van der Waals surface area (Å²) < 4.78 is 12.2. The number of benzene rings is 2. The second-order valence-corrected chi connectivity index (χ2v) is 7.44. The SMILES string of the molecule is COc1cc(-c2ncoc2-c2ccccc2SC)cc(Br)c1SC. The highest BCUT2D eigenvalue weighted by molar-refractivity contribution is 9.10. The van der Waals surface area contributed by atoms with Crippen molar-refractivity contribution in [1.29, 1.82) is 0 Å². The van der Waals surface area contributed by atoms with E-state index in [0.29, 0.717) is 0 Å². The first-order valence-electron chi connectivity index (χ1n) is 7.18. The van der Waals surface area contributed by atoms with Crippen LogP contribution in [0.2, 0.25) is 0 Å². The number of thioether (sulfide) groups is 2. The maximum atomic E-state index is 5.73. The molecule has 0 aliphatic rings. The minimum absolute atomic E-state index is 0.769. The van der Waals surface area contributed by atoms with Crippen LogP contribution in [0.5, 0.6) is 5.75 Å². The van der Waals surface area contributed by atoms with E-state index >= 15 is 0 Å². The quantitative estimate of drug-likeness (QED) is 0.456. The fraction of sp³-hybridized carbons (Fsp3) is 0.167. The molecule has 0 amide bonds. The van der Waals surface area contributed by atoms with Gasteiger partial charge in [0.2, 0.25) is 0 Å². The number of oxazole rings is 1. The molecule has 0 N–H and O–H groups in total. The number of methoxy groups -OCH3 is 1. The Morgan fingerprint density at radius 1 is 1.12 bits per heavy atom. The van der Waals surface area contributed by atoms with Gasteiger partial charge in [0.1, 0.15) is 11.4 Å². The smallest absolute Gasteiger partial charge is 0.182 e. The van der Waals surface area contributed by atoms with Crippen LogP contribution in [0.15, 0.2) is 61.5 Å². The highest BCUT2D eigenvalue weighted by atomic mass is 79.9. The van der Waals surface area contributed by atoms with Gasteiger partial charge in [-0.15, -0.1) is 23.5 Å². The van der Waals surface area contributed by atoms with Crippen LogP contribution < -0.4 is 4.74 Å². The second kappa shape index (κ2) is 7.68. The van der Waals surface area contributed by atoms with E-state index < -0.39 is 0 Å². The summed E-state index contributed by atoms with van der Waals surface area (Å²) in [7, 11) is 1.68. The molecule has 2 aromatic carbocycles. The molecule has 6 heteroatoms. The van der Waals surface area contributed by atoms with Gasteiger partial charge >= 0.3 is 0 Å². The third-order valence-corrected chi connectivity index (χ3v) is 6.14. The van der Waals surface area contributed by atoms with Crippen LogP contribution in [0, 0.1) is 0 Å². The van der Waals surface area contributed by atoms with Crippen LogP contribution in [0.1, 0.15) is 0 Å². The molecule has 0 aliphatic heterocycles. The normalized spacial score (nSPS) is 10.8. The molecule has 124 valence electrons. The predicted molar refractivity (Wildman–Crippen MR) is 105 cm³/mol. The van der Waals surface area contributed by atoms with Crippen molar-refractivity contribution < 1.29 is 9.15 Å². The van der Waals surface area contributed by atoms with E-state index in [-0.39, 0.29) is 0 Å². The summed E-state index contributed by atoms with van der Waals surface area (Å²) in [5.41, 5.74) is 2.81. The Labute approximate surface area is 158 Å². The van der Waals surface area contributed by atoms with Crippen LogP contribution in [0.25, 0.3) is 22.6 Å². The molecule has 1 aromatic heterocycles. The van der Waals surface area contributed by atoms with Gasteiger partial charge in [0.25, 0.3) is 0 Å². The predicted octanol–water partition coefficient (Wildman–Crippen LogP) is 6.22. The fourth-order valence-electron chi connectivity index (χ4n) is 2.53. The van der Waals surface area contributed by atoms with Gasteiger partial charge < -0.3 is 9.15 Å². The van der Waals surface area contributed by atoms with Crippen molar-refractivity contribution in [2.45, 2.75) is 9.79 Å². The standard InChI is InChI=1S/C18H16BrNO2S2/c1-21-14-9-11(8-13(19)18(14)24-3)16-17(22-10-20-16)12-6-4-5-7-15(12)23-2/h4-10H,1-3H3. The molecule has 0 atom stereocenters. The van der Waals surface area contributed by atoms with Crippen LogP contribution in [-0.4, -0.2) is 24.6 Å². The molecule has 3 aromatic rings. The minimum Gasteiger partial charge on any atom is -0.496 e. The van der Waals surface area contributed by atoms with Crippen molar-refractivity contribution in [3.63, 3.8) is 0 Å². The molecule has 0 spiro atoms. The number of ether oxygens (including phenoxy) is 1. The summed E-state index contributed by atoms with van der Waals surface area (Å²) in [5, 5.41) is 0. The van der Waals surface area contributed by atoms with Crippen molar-refractivity contribution in [2.24, 2.45) is 0 Å². The van der Waals surface area contributed by atoms with Gasteiger partial charge in [-0.05, 0) is 46.6 Å². The number of rotatable bonds is 5. The lowest BCUT2D eigenvalue weighted by Crippen LogP contribution is -1.91. The summed E-state index contributed by atoms with van der Waals surface area (Å²) in [6, 6.07) is 12.2. The summed E-state index contributed by atoms with van der Waals surface area (Å²) in [6.45, 7) is 0. The van der Waals surface area contributed by atoms with Crippen molar-refractivity contribution in [3.8, 4) is 28.3 Å². The van der Waals surface area contributed by atoms with Gasteiger partial charge in [-0.1, -0.05) is 18.2 Å². The molecule has 0 unspecified atom stereocenters. The molecule has 0 radical (unpaired) electrons. The van der Waals surface area contributed by atoms with Gasteiger partial charge in [-0.2, -0.15) is 0 Å². The lowest BCUT2D eigenvalue weighted by molar-refractivity contribution is 0.404. The Morgan fingerprint density at radius 3 is 2.62 bits per heavy atom. The number of aromatic nitrogens is 1. The van der Waals surface area contributed by atoms with E-state index in [2.05, 4.69) is 45.4 Å². The largest absolute Gasteiger partial charge is 0.496 e. The van der Waals surface area contributed by atoms with E-state index in [4.69, 9.17) is 9.15 Å². The molecular formula is C18H16BrNO2S2. The lowest BCUT2D eigenvalue weighted by atomic mass is 10.1. The molecule has 0 fully saturated rings. The Hall–Kier alpha value is -1.37. The zero-order chi connectivity index (χ0) is 17.1. The summed E-state index contributed by atoms with van der Waals surface area (Å²) >= 11 is 6.96. The maximum Gasteiger partial charge on any atom is 0.182 e. The highest BCUT2D eigenvalue weighted by Crippen LogP contribution is 2.42. The number of nitrogens with zero attached hydrogens (tertiary/aromatic N) is 1. The Balaban J connectivity index is 2.16.